The Morgan fingerprint density at radius 3 is 1.15 bits per heavy atom. The summed E-state index contributed by atoms with van der Waals surface area (Å²) in [5.41, 5.74) is 14.3. The Bertz CT molecular complexity index is 4170. The van der Waals surface area contributed by atoms with Gasteiger partial charge in [0.15, 0.2) is 22.3 Å². The van der Waals surface area contributed by atoms with Crippen molar-refractivity contribution in [3.63, 3.8) is 0 Å². The molecular formula is C58H32N2O2. The molecule has 0 aliphatic carbocycles. The highest BCUT2D eigenvalue weighted by Crippen LogP contribution is 2.49. The zero-order valence-electron chi connectivity index (χ0n) is 33.2. The van der Waals surface area contributed by atoms with Gasteiger partial charge in [0.25, 0.3) is 0 Å². The minimum atomic E-state index is 0.827. The molecule has 0 saturated heterocycles. The van der Waals surface area contributed by atoms with Crippen LogP contribution in [-0.2, 0) is 0 Å². The molecule has 0 aliphatic heterocycles. The summed E-state index contributed by atoms with van der Waals surface area (Å²) >= 11 is 0. The van der Waals surface area contributed by atoms with E-state index in [0.717, 1.165) is 88.1 Å². The lowest BCUT2D eigenvalue weighted by Gasteiger charge is -2.12. The number of rotatable bonds is 2. The topological polar surface area (TPSA) is 35.1 Å². The summed E-state index contributed by atoms with van der Waals surface area (Å²) in [6.07, 6.45) is 0. The lowest BCUT2D eigenvalue weighted by molar-refractivity contribution is 0.653. The molecule has 0 amide bonds. The Morgan fingerprint density at radius 2 is 0.677 bits per heavy atom. The molecule has 0 fully saturated rings. The van der Waals surface area contributed by atoms with Crippen molar-refractivity contribution in [1.82, 2.24) is 8.80 Å². The number of nitrogens with zero attached hydrogens (tertiary/aromatic N) is 2. The van der Waals surface area contributed by atoms with Crippen LogP contribution in [0.2, 0.25) is 0 Å². The molecule has 0 unspecified atom stereocenters. The molecule has 4 heteroatoms. The average molecular weight is 789 g/mol. The van der Waals surface area contributed by atoms with Crippen molar-refractivity contribution >= 4 is 120 Å². The number of hydrogen-bond donors (Lipinski definition) is 0. The van der Waals surface area contributed by atoms with Crippen LogP contribution < -0.4 is 0 Å². The van der Waals surface area contributed by atoms with E-state index in [4.69, 9.17) is 8.83 Å². The van der Waals surface area contributed by atoms with E-state index in [1.807, 2.05) is 0 Å². The van der Waals surface area contributed by atoms with E-state index in [1.54, 1.807) is 0 Å². The number of hydrogen-bond acceptors (Lipinski definition) is 2. The van der Waals surface area contributed by atoms with Crippen molar-refractivity contribution in [2.24, 2.45) is 0 Å². The van der Waals surface area contributed by atoms with Crippen LogP contribution in [0.4, 0.5) is 0 Å². The molecule has 0 N–H and O–H groups in total. The molecule has 4 heterocycles. The first-order valence-electron chi connectivity index (χ1n) is 21.3. The summed E-state index contributed by atoms with van der Waals surface area (Å²) < 4.78 is 19.3. The van der Waals surface area contributed by atoms with Crippen LogP contribution in [0, 0.1) is 0 Å². The largest absolute Gasteiger partial charge is 0.452 e. The highest BCUT2D eigenvalue weighted by molar-refractivity contribution is 6.35. The number of aromatic nitrogens is 2. The Balaban J connectivity index is 1.13. The highest BCUT2D eigenvalue weighted by atomic mass is 16.3. The highest BCUT2D eigenvalue weighted by Gasteiger charge is 2.28. The normalized spacial score (nSPS) is 12.5. The van der Waals surface area contributed by atoms with E-state index in [0.29, 0.717) is 0 Å². The van der Waals surface area contributed by atoms with Crippen molar-refractivity contribution < 1.29 is 8.83 Å². The first-order valence-corrected chi connectivity index (χ1v) is 21.3. The molecule has 15 aromatic rings. The van der Waals surface area contributed by atoms with Gasteiger partial charge in [-0.1, -0.05) is 133 Å². The first-order chi connectivity index (χ1) is 30.8. The van der Waals surface area contributed by atoms with Crippen molar-refractivity contribution in [2.45, 2.75) is 0 Å². The maximum absolute atomic E-state index is 7.23. The molecular weight excluding hydrogens is 757 g/mol. The van der Waals surface area contributed by atoms with Crippen LogP contribution in [0.3, 0.4) is 0 Å². The maximum atomic E-state index is 7.23. The van der Waals surface area contributed by atoms with Gasteiger partial charge in [0, 0.05) is 10.8 Å². The van der Waals surface area contributed by atoms with E-state index < -0.39 is 0 Å². The minimum Gasteiger partial charge on any atom is -0.452 e. The SMILES string of the molecule is c1ccc2c(c1)cc(-c1ccc3c(c1)c1c4oc5ccccc5n5c6ccc(-c7cc8ccccc8c8ccccc78)cc6c(c6oc7ccccc7n3c61)c45)c1ccccc12. The fourth-order valence-electron chi connectivity index (χ4n) is 11.0. The number of benzene rings is 11. The van der Waals surface area contributed by atoms with Gasteiger partial charge >= 0.3 is 0 Å². The van der Waals surface area contributed by atoms with Gasteiger partial charge in [-0.2, -0.15) is 0 Å². The number of fused-ring (bicyclic) bond motifs is 18. The van der Waals surface area contributed by atoms with Crippen molar-refractivity contribution in [3.05, 3.63) is 194 Å². The van der Waals surface area contributed by atoms with E-state index in [1.165, 1.54) is 54.2 Å². The second-order valence-electron chi connectivity index (χ2n) is 16.8. The Labute approximate surface area is 352 Å². The summed E-state index contributed by atoms with van der Waals surface area (Å²) in [5, 5.41) is 14.3. The van der Waals surface area contributed by atoms with Crippen molar-refractivity contribution in [1.29, 1.82) is 0 Å². The monoisotopic (exact) mass is 788 g/mol. The minimum absolute atomic E-state index is 0.827. The number of para-hydroxylation sites is 4. The maximum Gasteiger partial charge on any atom is 0.162 e. The van der Waals surface area contributed by atoms with Crippen LogP contribution in [0.25, 0.3) is 142 Å². The second kappa shape index (κ2) is 11.7. The van der Waals surface area contributed by atoms with Crippen molar-refractivity contribution in [2.75, 3.05) is 0 Å². The van der Waals surface area contributed by atoms with Crippen LogP contribution in [0.15, 0.2) is 203 Å². The fourth-order valence-corrected chi connectivity index (χ4v) is 11.0. The summed E-state index contributed by atoms with van der Waals surface area (Å²) in [4.78, 5) is 0. The fraction of sp³-hybridized carbons (Fsp3) is 0. The molecule has 0 atom stereocenters. The molecule has 4 aromatic heterocycles. The van der Waals surface area contributed by atoms with Gasteiger partial charge in [0.05, 0.1) is 32.8 Å². The molecule has 0 bridgehead atoms. The molecule has 15 rings (SSSR count). The third-order valence-electron chi connectivity index (χ3n) is 13.6. The Morgan fingerprint density at radius 1 is 0.290 bits per heavy atom. The summed E-state index contributed by atoms with van der Waals surface area (Å²) in [5.74, 6) is 0. The van der Waals surface area contributed by atoms with Gasteiger partial charge in [0.2, 0.25) is 0 Å². The summed E-state index contributed by atoms with van der Waals surface area (Å²) in [7, 11) is 0. The summed E-state index contributed by atoms with van der Waals surface area (Å²) in [6, 6.07) is 70.4. The predicted octanol–water partition coefficient (Wildman–Crippen LogP) is 16.2. The van der Waals surface area contributed by atoms with Gasteiger partial charge < -0.3 is 17.6 Å². The van der Waals surface area contributed by atoms with Crippen molar-refractivity contribution in [3.8, 4) is 22.3 Å². The average Bonchev–Trinajstić information content (AvgIpc) is 3.87. The van der Waals surface area contributed by atoms with Crippen LogP contribution in [0.1, 0.15) is 0 Å². The quantitative estimate of drug-likeness (QED) is 0.129. The van der Waals surface area contributed by atoms with Gasteiger partial charge in [-0.25, -0.2) is 0 Å². The van der Waals surface area contributed by atoms with Gasteiger partial charge in [-0.15, -0.1) is 0 Å². The van der Waals surface area contributed by atoms with Crippen LogP contribution in [0.5, 0.6) is 0 Å². The molecule has 0 radical (unpaired) electrons. The lowest BCUT2D eigenvalue weighted by atomic mass is 9.92. The lowest BCUT2D eigenvalue weighted by Crippen LogP contribution is -1.93. The second-order valence-corrected chi connectivity index (χ2v) is 16.8. The molecule has 11 aromatic carbocycles. The van der Waals surface area contributed by atoms with Crippen LogP contribution in [-0.4, -0.2) is 8.80 Å². The van der Waals surface area contributed by atoms with Gasteiger partial charge in [-0.3, -0.25) is 0 Å². The standard InChI is InChI=1S/C58H32N2O2/c1-3-15-37-33(13-1)29-43(41-19-7-5-17-39(37)41)35-25-27-47-45(31-35)53-55-58(62-51-23-11-9-21-49(51)59(47)55)54-46-32-36(44-30-34-14-2-4-16-38(34)40-18-6-8-20-42(40)44)26-28-48(46)60-50-22-10-12-24-52(50)61-57(53)56(54)60/h1-32H. The van der Waals surface area contributed by atoms with Crippen LogP contribution >= 0.6 is 0 Å². The van der Waals surface area contributed by atoms with E-state index in [2.05, 4.69) is 203 Å². The van der Waals surface area contributed by atoms with E-state index in [-0.39, 0.29) is 0 Å². The van der Waals surface area contributed by atoms with Gasteiger partial charge in [-0.05, 0) is 126 Å². The third kappa shape index (κ3) is 4.11. The summed E-state index contributed by atoms with van der Waals surface area (Å²) in [6.45, 7) is 0. The molecule has 0 aliphatic rings. The molecule has 0 saturated carbocycles. The molecule has 4 nitrogen and oxygen atoms in total. The first kappa shape index (κ1) is 32.5. The molecule has 62 heavy (non-hydrogen) atoms. The zero-order chi connectivity index (χ0) is 40.2. The van der Waals surface area contributed by atoms with E-state index >= 15 is 0 Å². The smallest absolute Gasteiger partial charge is 0.162 e. The Kier molecular flexibility index (Phi) is 6.13. The predicted molar refractivity (Wildman–Crippen MR) is 259 cm³/mol. The Hall–Kier alpha value is -8.34. The molecule has 0 spiro atoms. The van der Waals surface area contributed by atoms with Gasteiger partial charge in [0.1, 0.15) is 11.0 Å². The van der Waals surface area contributed by atoms with E-state index in [9.17, 15) is 0 Å². The zero-order valence-corrected chi connectivity index (χ0v) is 33.2. The third-order valence-corrected chi connectivity index (χ3v) is 13.6. The molecule has 286 valence electrons.